The van der Waals surface area contributed by atoms with Crippen LogP contribution < -0.4 is 0 Å². The third-order valence-corrected chi connectivity index (χ3v) is 7.20. The highest BCUT2D eigenvalue weighted by Crippen LogP contribution is 2.56. The van der Waals surface area contributed by atoms with E-state index in [0.717, 1.165) is 19.3 Å². The first-order chi connectivity index (χ1) is 12.7. The molecule has 0 aromatic heterocycles. The van der Waals surface area contributed by atoms with Crippen LogP contribution in [0.1, 0.15) is 62.4 Å². The van der Waals surface area contributed by atoms with Crippen LogP contribution >= 0.6 is 0 Å². The zero-order valence-electron chi connectivity index (χ0n) is 16.6. The van der Waals surface area contributed by atoms with Gasteiger partial charge < -0.3 is 20.1 Å². The van der Waals surface area contributed by atoms with Gasteiger partial charge in [0, 0.05) is 0 Å². The van der Waals surface area contributed by atoms with E-state index in [-0.39, 0.29) is 16.7 Å². The Morgan fingerprint density at radius 3 is 2.56 bits per heavy atom. The number of fused-ring (bicyclic) bond motifs is 1. The first-order valence-electron chi connectivity index (χ1n) is 9.72. The van der Waals surface area contributed by atoms with Gasteiger partial charge in [-0.15, -0.1) is 0 Å². The number of carbonyl (C=O) groups is 1. The van der Waals surface area contributed by atoms with E-state index < -0.39 is 17.5 Å². The molecule has 3 N–H and O–H groups in total. The molecule has 0 radical (unpaired) electrons. The molecule has 2 aliphatic carbocycles. The van der Waals surface area contributed by atoms with Crippen LogP contribution in [0.5, 0.6) is 17.2 Å². The molecule has 1 aromatic rings. The van der Waals surface area contributed by atoms with Gasteiger partial charge >= 0.3 is 5.97 Å². The predicted octanol–water partition coefficient (Wildman–Crippen LogP) is 4.54. The lowest BCUT2D eigenvalue weighted by atomic mass is 9.52. The largest absolute Gasteiger partial charge is 0.504 e. The fraction of sp³-hybridized carbons (Fsp3) is 0.591. The van der Waals surface area contributed by atoms with Crippen molar-refractivity contribution in [1.29, 1.82) is 0 Å². The maximum Gasteiger partial charge on any atom is 0.341 e. The number of rotatable bonds is 3. The number of ether oxygens (including phenoxy) is 1. The third kappa shape index (κ3) is 3.17. The average Bonchev–Trinajstić information content (AvgIpc) is 2.65. The van der Waals surface area contributed by atoms with Crippen molar-refractivity contribution >= 4 is 5.97 Å². The quantitative estimate of drug-likeness (QED) is 0.411. The Labute approximate surface area is 160 Å². The van der Waals surface area contributed by atoms with E-state index in [0.29, 0.717) is 29.7 Å². The Bertz CT molecular complexity index is 781. The lowest BCUT2D eigenvalue weighted by Crippen LogP contribution is -2.45. The molecule has 1 saturated carbocycles. The summed E-state index contributed by atoms with van der Waals surface area (Å²) in [6.45, 7) is 6.73. The van der Waals surface area contributed by atoms with Crippen LogP contribution in [0.4, 0.5) is 0 Å². The van der Waals surface area contributed by atoms with Crippen molar-refractivity contribution in [2.75, 3.05) is 7.11 Å². The summed E-state index contributed by atoms with van der Waals surface area (Å²) < 4.78 is 4.70. The summed E-state index contributed by atoms with van der Waals surface area (Å²) in [7, 11) is 1.22. The predicted molar refractivity (Wildman–Crippen MR) is 103 cm³/mol. The lowest BCUT2D eigenvalue weighted by molar-refractivity contribution is 0.00805. The van der Waals surface area contributed by atoms with Crippen LogP contribution in [0, 0.1) is 23.2 Å². The first kappa shape index (κ1) is 19.6. The molecule has 5 heteroatoms. The van der Waals surface area contributed by atoms with Gasteiger partial charge in [-0.2, -0.15) is 0 Å². The van der Waals surface area contributed by atoms with Crippen molar-refractivity contribution in [2.45, 2.75) is 52.9 Å². The Kier molecular flexibility index (Phi) is 5.15. The summed E-state index contributed by atoms with van der Waals surface area (Å²) in [6, 6.07) is 1.46. The normalized spacial score (nSPS) is 30.4. The summed E-state index contributed by atoms with van der Waals surface area (Å²) in [5, 5.41) is 30.6. The van der Waals surface area contributed by atoms with Gasteiger partial charge in [0.2, 0.25) is 5.75 Å². The number of phenols is 3. The molecule has 148 valence electrons. The Hall–Kier alpha value is -2.17. The first-order valence-corrected chi connectivity index (χ1v) is 9.72. The molecule has 0 saturated heterocycles. The van der Waals surface area contributed by atoms with Crippen LogP contribution in [-0.4, -0.2) is 28.4 Å². The van der Waals surface area contributed by atoms with Crippen LogP contribution in [0.25, 0.3) is 0 Å². The minimum atomic E-state index is -0.736. The molecule has 2 aliphatic rings. The average molecular weight is 374 g/mol. The van der Waals surface area contributed by atoms with E-state index in [1.165, 1.54) is 25.2 Å². The Balaban J connectivity index is 2.03. The fourth-order valence-electron chi connectivity index (χ4n) is 5.32. The van der Waals surface area contributed by atoms with Gasteiger partial charge in [-0.3, -0.25) is 0 Å². The van der Waals surface area contributed by atoms with E-state index in [1.807, 2.05) is 0 Å². The van der Waals surface area contributed by atoms with E-state index in [1.54, 1.807) is 0 Å². The molecular weight excluding hydrogens is 344 g/mol. The molecule has 0 spiro atoms. The number of hydrogen-bond acceptors (Lipinski definition) is 5. The van der Waals surface area contributed by atoms with E-state index in [2.05, 4.69) is 26.8 Å². The lowest BCUT2D eigenvalue weighted by Gasteiger charge is -2.52. The monoisotopic (exact) mass is 374 g/mol. The SMILES string of the molecule is COC(=O)c1cc(C[C@@]2(C)[C@@H]3CCC=C(C)[C@H]3CC[C@@H]2C)c(O)c(O)c1O. The Morgan fingerprint density at radius 2 is 1.89 bits per heavy atom. The molecule has 0 bridgehead atoms. The van der Waals surface area contributed by atoms with Crippen molar-refractivity contribution in [2.24, 2.45) is 23.2 Å². The van der Waals surface area contributed by atoms with Gasteiger partial charge in [0.25, 0.3) is 0 Å². The summed E-state index contributed by atoms with van der Waals surface area (Å²) >= 11 is 0. The molecule has 0 aliphatic heterocycles. The molecule has 1 aromatic carbocycles. The minimum absolute atomic E-state index is 0.0767. The van der Waals surface area contributed by atoms with Gasteiger partial charge in [0.15, 0.2) is 11.5 Å². The second-order valence-electron chi connectivity index (χ2n) is 8.52. The van der Waals surface area contributed by atoms with Crippen LogP contribution in [-0.2, 0) is 11.2 Å². The third-order valence-electron chi connectivity index (χ3n) is 7.20. The second kappa shape index (κ2) is 7.10. The van der Waals surface area contributed by atoms with Crippen LogP contribution in [0.2, 0.25) is 0 Å². The number of carbonyl (C=O) groups excluding carboxylic acids is 1. The zero-order chi connectivity index (χ0) is 19.9. The van der Waals surface area contributed by atoms with Crippen LogP contribution in [0.15, 0.2) is 17.7 Å². The van der Waals surface area contributed by atoms with Crippen molar-refractivity contribution in [1.82, 2.24) is 0 Å². The highest BCUT2D eigenvalue weighted by atomic mass is 16.5. The summed E-state index contributed by atoms with van der Waals surface area (Å²) in [5.74, 6) is -0.896. The number of esters is 1. The fourth-order valence-corrected chi connectivity index (χ4v) is 5.32. The smallest absolute Gasteiger partial charge is 0.341 e. The molecule has 27 heavy (non-hydrogen) atoms. The number of benzene rings is 1. The van der Waals surface area contributed by atoms with E-state index in [4.69, 9.17) is 4.74 Å². The molecule has 0 heterocycles. The number of hydrogen-bond donors (Lipinski definition) is 3. The van der Waals surface area contributed by atoms with Gasteiger partial charge in [0.05, 0.1) is 7.11 Å². The van der Waals surface area contributed by atoms with Crippen molar-refractivity contribution in [3.05, 3.63) is 28.8 Å². The topological polar surface area (TPSA) is 87.0 Å². The van der Waals surface area contributed by atoms with Crippen molar-refractivity contribution in [3.8, 4) is 17.2 Å². The number of allylic oxidation sites excluding steroid dienone is 2. The highest BCUT2D eigenvalue weighted by Gasteiger charge is 2.47. The summed E-state index contributed by atoms with van der Waals surface area (Å²) in [6.07, 6.45) is 7.34. The minimum Gasteiger partial charge on any atom is -0.504 e. The zero-order valence-corrected chi connectivity index (χ0v) is 16.6. The van der Waals surface area contributed by atoms with Gasteiger partial charge in [0.1, 0.15) is 5.56 Å². The Morgan fingerprint density at radius 1 is 1.19 bits per heavy atom. The van der Waals surface area contributed by atoms with Gasteiger partial charge in [-0.25, -0.2) is 4.79 Å². The molecule has 5 nitrogen and oxygen atoms in total. The maximum atomic E-state index is 12.0. The summed E-state index contributed by atoms with van der Waals surface area (Å²) in [4.78, 5) is 12.0. The van der Waals surface area contributed by atoms with Crippen molar-refractivity contribution in [3.63, 3.8) is 0 Å². The second-order valence-corrected chi connectivity index (χ2v) is 8.52. The number of methoxy groups -OCH3 is 1. The van der Waals surface area contributed by atoms with E-state index in [9.17, 15) is 20.1 Å². The maximum absolute atomic E-state index is 12.0. The summed E-state index contributed by atoms with van der Waals surface area (Å²) in [5.41, 5.74) is 1.74. The molecule has 0 amide bonds. The van der Waals surface area contributed by atoms with Gasteiger partial charge in [-0.1, -0.05) is 25.5 Å². The van der Waals surface area contributed by atoms with Crippen LogP contribution in [0.3, 0.4) is 0 Å². The number of aromatic hydroxyl groups is 3. The van der Waals surface area contributed by atoms with Gasteiger partial charge in [-0.05, 0) is 73.8 Å². The standard InChI is InChI=1S/C22H30O5/c1-12-6-5-7-17-15(12)9-8-13(2)22(17,3)11-14-10-16(21(26)27-4)19(24)20(25)18(14)23/h6,10,13,15,17,23-25H,5,7-9,11H2,1-4H3/t13-,15+,17+,22+/m0/s1. The van der Waals surface area contributed by atoms with E-state index >= 15 is 0 Å². The number of phenolic OH excluding ortho intramolecular Hbond substituents is 3. The molecular formula is C22H30O5. The molecule has 1 fully saturated rings. The molecule has 0 unspecified atom stereocenters. The molecule has 4 atom stereocenters. The van der Waals surface area contributed by atoms with Crippen molar-refractivity contribution < 1.29 is 24.9 Å². The molecule has 3 rings (SSSR count). The highest BCUT2D eigenvalue weighted by molar-refractivity contribution is 5.94.